The van der Waals surface area contributed by atoms with E-state index in [2.05, 4.69) is 20.6 Å². The summed E-state index contributed by atoms with van der Waals surface area (Å²) >= 11 is 5.79. The van der Waals surface area contributed by atoms with Crippen LogP contribution < -0.4 is 16.4 Å². The molecule has 12 heteroatoms. The molecule has 2 aliphatic rings. The van der Waals surface area contributed by atoms with Crippen molar-refractivity contribution in [3.05, 3.63) is 35.0 Å². The highest BCUT2D eigenvalue weighted by molar-refractivity contribution is 6.30. The molecular formula is C25H30ClF2N7O2. The van der Waals surface area contributed by atoms with Crippen LogP contribution in [-0.2, 0) is 4.79 Å². The molecule has 2 aliphatic carbocycles. The van der Waals surface area contributed by atoms with Crippen LogP contribution in [0.5, 0.6) is 0 Å². The highest BCUT2D eigenvalue weighted by Crippen LogP contribution is 2.38. The lowest BCUT2D eigenvalue weighted by Gasteiger charge is -2.29. The topological polar surface area (TPSA) is 131 Å². The van der Waals surface area contributed by atoms with Crippen LogP contribution in [0.3, 0.4) is 0 Å². The Morgan fingerprint density at radius 2 is 1.81 bits per heavy atom. The van der Waals surface area contributed by atoms with Gasteiger partial charge < -0.3 is 21.5 Å². The molecule has 2 aromatic heterocycles. The molecule has 0 saturated heterocycles. The zero-order valence-electron chi connectivity index (χ0n) is 20.3. The summed E-state index contributed by atoms with van der Waals surface area (Å²) < 4.78 is 31.0. The van der Waals surface area contributed by atoms with E-state index >= 15 is 0 Å². The number of halogens is 3. The fourth-order valence-electron chi connectivity index (χ4n) is 5.45. The maximum atomic E-state index is 14.6. The Bertz CT molecular complexity index is 1270. The van der Waals surface area contributed by atoms with Crippen LogP contribution in [-0.4, -0.2) is 43.2 Å². The number of benzene rings is 1. The zero-order valence-corrected chi connectivity index (χ0v) is 21.0. The van der Waals surface area contributed by atoms with Gasteiger partial charge in [0.05, 0.1) is 12.3 Å². The average molecular weight is 534 g/mol. The second-order valence-corrected chi connectivity index (χ2v) is 10.4. The van der Waals surface area contributed by atoms with Crippen LogP contribution in [0.15, 0.2) is 18.3 Å². The minimum atomic E-state index is -0.847. The predicted molar refractivity (Wildman–Crippen MR) is 137 cm³/mol. The predicted octanol–water partition coefficient (Wildman–Crippen LogP) is 4.68. The number of nitrogens with zero attached hydrogens (tertiary/aromatic N) is 4. The number of primary amides is 1. The summed E-state index contributed by atoms with van der Waals surface area (Å²) in [5, 5.41) is 16.3. The first-order valence-corrected chi connectivity index (χ1v) is 13.1. The molecule has 2 fully saturated rings. The van der Waals surface area contributed by atoms with Crippen molar-refractivity contribution in [1.82, 2.24) is 19.5 Å². The molecule has 0 bridgehead atoms. The molecule has 2 saturated carbocycles. The lowest BCUT2D eigenvalue weighted by molar-refractivity contribution is -0.122. The first-order chi connectivity index (χ1) is 17.8. The molecule has 1 amide bonds. The lowest BCUT2D eigenvalue weighted by Crippen LogP contribution is -2.30. The Morgan fingerprint density at radius 3 is 2.49 bits per heavy atom. The quantitative estimate of drug-likeness (QED) is 0.347. The molecule has 0 unspecified atom stereocenters. The van der Waals surface area contributed by atoms with Gasteiger partial charge in [0.1, 0.15) is 11.2 Å². The second-order valence-electron chi connectivity index (χ2n) is 9.98. The summed E-state index contributed by atoms with van der Waals surface area (Å²) in [5.74, 6) is -1.51. The van der Waals surface area contributed by atoms with Crippen molar-refractivity contribution in [2.75, 3.05) is 17.2 Å². The number of hydrogen-bond donors (Lipinski definition) is 4. The molecule has 3 aromatic rings. The summed E-state index contributed by atoms with van der Waals surface area (Å²) in [6.45, 7) is 0.539. The van der Waals surface area contributed by atoms with Gasteiger partial charge in [0.25, 0.3) is 0 Å². The number of carbonyl (C=O) groups excluding carboxylic acids is 1. The van der Waals surface area contributed by atoms with Crippen molar-refractivity contribution < 1.29 is 18.7 Å². The Balaban J connectivity index is 1.48. The van der Waals surface area contributed by atoms with Crippen molar-refractivity contribution in [3.63, 3.8) is 0 Å². The number of carbonyl (C=O) groups is 1. The smallest absolute Gasteiger partial charge is 0.224 e. The van der Waals surface area contributed by atoms with Gasteiger partial charge in [-0.2, -0.15) is 4.98 Å². The van der Waals surface area contributed by atoms with Crippen molar-refractivity contribution in [1.29, 1.82) is 0 Å². The van der Waals surface area contributed by atoms with Gasteiger partial charge in [0.2, 0.25) is 17.8 Å². The molecule has 2 atom stereocenters. The third-order valence-electron chi connectivity index (χ3n) is 7.53. The van der Waals surface area contributed by atoms with E-state index < -0.39 is 11.6 Å². The summed E-state index contributed by atoms with van der Waals surface area (Å²) in [6, 6.07) is 1.93. The standard InChI is InChI=1S/C25H30ClF2N7O2/c26-15-9-17(27)21(18(28)10-15)33-25-32-19-12-31-24(30-11-14-3-1-2-4-20(14)36)34-23(19)35(25)16-7-5-13(6-8-16)22(29)37/h9-10,12-14,16,20,36H,1-8,11H2,(H2,29,37)(H,32,33)(H,30,31,34)/t13-,14-,16+,20+/m0/s1. The van der Waals surface area contributed by atoms with Crippen LogP contribution >= 0.6 is 11.6 Å². The van der Waals surface area contributed by atoms with Crippen LogP contribution in [0.25, 0.3) is 11.2 Å². The van der Waals surface area contributed by atoms with E-state index in [4.69, 9.17) is 22.3 Å². The average Bonchev–Trinajstić information content (AvgIpc) is 3.23. The lowest BCUT2D eigenvalue weighted by atomic mass is 9.85. The molecule has 2 heterocycles. The largest absolute Gasteiger partial charge is 0.393 e. The minimum absolute atomic E-state index is 0.0523. The van der Waals surface area contributed by atoms with Gasteiger partial charge >= 0.3 is 0 Å². The monoisotopic (exact) mass is 533 g/mol. The second kappa shape index (κ2) is 10.7. The van der Waals surface area contributed by atoms with E-state index in [0.717, 1.165) is 37.8 Å². The zero-order chi connectivity index (χ0) is 26.1. The molecule has 9 nitrogen and oxygen atoms in total. The summed E-state index contributed by atoms with van der Waals surface area (Å²) in [7, 11) is 0. The number of aliphatic hydroxyl groups excluding tert-OH is 1. The van der Waals surface area contributed by atoms with E-state index in [0.29, 0.717) is 49.3 Å². The SMILES string of the molecule is NC(=O)[C@H]1CC[C@@H](n2c(Nc3c(F)cc(Cl)cc3F)nc3cnc(NC[C@@H]4CCCC[C@H]4O)nc32)CC1. The van der Waals surface area contributed by atoms with Crippen LogP contribution in [0.2, 0.25) is 5.02 Å². The number of rotatable bonds is 7. The summed E-state index contributed by atoms with van der Waals surface area (Å²) in [6.07, 6.45) is 7.49. The Morgan fingerprint density at radius 1 is 1.11 bits per heavy atom. The van der Waals surface area contributed by atoms with Crippen molar-refractivity contribution >= 4 is 46.3 Å². The van der Waals surface area contributed by atoms with E-state index in [1.165, 1.54) is 0 Å². The number of amides is 1. The van der Waals surface area contributed by atoms with Crippen molar-refractivity contribution in [3.8, 4) is 0 Å². The third kappa shape index (κ3) is 5.47. The van der Waals surface area contributed by atoms with Gasteiger partial charge in [-0.25, -0.2) is 18.7 Å². The fraction of sp³-hybridized carbons (Fsp3) is 0.520. The Kier molecular flexibility index (Phi) is 7.43. The van der Waals surface area contributed by atoms with Gasteiger partial charge in [-0.3, -0.25) is 9.36 Å². The van der Waals surface area contributed by atoms with Crippen LogP contribution in [0, 0.1) is 23.5 Å². The van der Waals surface area contributed by atoms with Gasteiger partial charge in [0, 0.05) is 29.4 Å². The maximum Gasteiger partial charge on any atom is 0.224 e. The first-order valence-electron chi connectivity index (χ1n) is 12.7. The van der Waals surface area contributed by atoms with Gasteiger partial charge in [-0.15, -0.1) is 0 Å². The third-order valence-corrected chi connectivity index (χ3v) is 7.75. The van der Waals surface area contributed by atoms with Crippen LogP contribution in [0.4, 0.5) is 26.4 Å². The van der Waals surface area contributed by atoms with E-state index in [9.17, 15) is 18.7 Å². The van der Waals surface area contributed by atoms with Gasteiger partial charge in [-0.05, 0) is 50.7 Å². The number of fused-ring (bicyclic) bond motifs is 1. The Labute approximate surface area is 217 Å². The van der Waals surface area contributed by atoms with E-state index in [1.54, 1.807) is 6.20 Å². The fourth-order valence-corrected chi connectivity index (χ4v) is 5.64. The first kappa shape index (κ1) is 25.6. The Hall–Kier alpha value is -3.05. The molecule has 198 valence electrons. The number of anilines is 3. The number of nitrogens with one attached hydrogen (secondary N) is 2. The number of aromatic nitrogens is 4. The summed E-state index contributed by atoms with van der Waals surface area (Å²) in [4.78, 5) is 25.3. The highest BCUT2D eigenvalue weighted by Gasteiger charge is 2.30. The molecule has 1 aromatic carbocycles. The van der Waals surface area contributed by atoms with Gasteiger partial charge in [-0.1, -0.05) is 24.4 Å². The van der Waals surface area contributed by atoms with Gasteiger partial charge in [0.15, 0.2) is 17.3 Å². The minimum Gasteiger partial charge on any atom is -0.393 e. The number of nitrogens with two attached hydrogens (primary N) is 1. The molecule has 0 aliphatic heterocycles. The molecular weight excluding hydrogens is 504 g/mol. The van der Waals surface area contributed by atoms with Crippen molar-refractivity contribution in [2.24, 2.45) is 17.6 Å². The number of imidazole rings is 1. The van der Waals surface area contributed by atoms with Crippen LogP contribution in [0.1, 0.15) is 57.4 Å². The number of aliphatic hydroxyl groups is 1. The molecule has 5 N–H and O–H groups in total. The summed E-state index contributed by atoms with van der Waals surface area (Å²) in [5.41, 5.74) is 6.10. The number of hydrogen-bond acceptors (Lipinski definition) is 7. The normalized spacial score (nSPS) is 24.2. The highest BCUT2D eigenvalue weighted by atomic mass is 35.5. The molecule has 5 rings (SSSR count). The molecule has 0 radical (unpaired) electrons. The van der Waals surface area contributed by atoms with E-state index in [1.807, 2.05) is 4.57 Å². The molecule has 0 spiro atoms. The maximum absolute atomic E-state index is 14.6. The molecule has 37 heavy (non-hydrogen) atoms. The van der Waals surface area contributed by atoms with E-state index in [-0.39, 0.29) is 46.5 Å². The van der Waals surface area contributed by atoms with Crippen molar-refractivity contribution in [2.45, 2.75) is 63.5 Å².